The predicted molar refractivity (Wildman–Crippen MR) is 109 cm³/mol. The van der Waals surface area contributed by atoms with Crippen molar-refractivity contribution in [2.75, 3.05) is 0 Å². The SMILES string of the molecule is NC=Nc1nc(Sc2nnc(-c3cccc(C(F)(F)F)c3)o2)cc(-c2ccc(F)cc2)n1. The monoisotopic (exact) mass is 460 g/mol. The molecule has 32 heavy (non-hydrogen) atoms. The molecule has 0 aliphatic heterocycles. The maximum absolute atomic E-state index is 13.2. The summed E-state index contributed by atoms with van der Waals surface area (Å²) in [4.78, 5) is 12.3. The van der Waals surface area contributed by atoms with Crippen molar-refractivity contribution in [3.05, 3.63) is 66.0 Å². The summed E-state index contributed by atoms with van der Waals surface area (Å²) < 4.78 is 57.6. The average molecular weight is 460 g/mol. The van der Waals surface area contributed by atoms with Gasteiger partial charge in [0, 0.05) is 11.1 Å². The van der Waals surface area contributed by atoms with Crippen molar-refractivity contribution in [1.29, 1.82) is 0 Å². The molecular weight excluding hydrogens is 448 g/mol. The fourth-order valence-electron chi connectivity index (χ4n) is 2.64. The number of alkyl halides is 3. The smallest absolute Gasteiger partial charge is 0.411 e. The fraction of sp³-hybridized carbons (Fsp3) is 0.0500. The first-order valence-electron chi connectivity index (χ1n) is 8.90. The van der Waals surface area contributed by atoms with Crippen molar-refractivity contribution in [3.63, 3.8) is 0 Å². The molecule has 2 aromatic heterocycles. The summed E-state index contributed by atoms with van der Waals surface area (Å²) in [6.07, 6.45) is -3.47. The van der Waals surface area contributed by atoms with E-state index in [0.29, 0.717) is 16.3 Å². The van der Waals surface area contributed by atoms with Crippen LogP contribution in [-0.4, -0.2) is 26.5 Å². The lowest BCUT2D eigenvalue weighted by Crippen LogP contribution is -2.04. The van der Waals surface area contributed by atoms with E-state index in [2.05, 4.69) is 25.2 Å². The van der Waals surface area contributed by atoms with Gasteiger partial charge in [-0.3, -0.25) is 0 Å². The molecule has 2 aromatic carbocycles. The van der Waals surface area contributed by atoms with E-state index < -0.39 is 17.6 Å². The lowest BCUT2D eigenvalue weighted by molar-refractivity contribution is -0.137. The summed E-state index contributed by atoms with van der Waals surface area (Å²) in [7, 11) is 0. The number of aliphatic imine (C=N–C) groups is 1. The molecule has 12 heteroatoms. The summed E-state index contributed by atoms with van der Waals surface area (Å²) >= 11 is 0.962. The van der Waals surface area contributed by atoms with Gasteiger partial charge in [0.15, 0.2) is 0 Å². The Kier molecular flexibility index (Phi) is 5.86. The van der Waals surface area contributed by atoms with Crippen molar-refractivity contribution in [2.45, 2.75) is 16.4 Å². The molecule has 0 saturated heterocycles. The molecule has 0 spiro atoms. The van der Waals surface area contributed by atoms with Gasteiger partial charge >= 0.3 is 6.18 Å². The third-order valence-electron chi connectivity index (χ3n) is 4.06. The largest absolute Gasteiger partial charge is 0.416 e. The Balaban J connectivity index is 1.64. The fourth-order valence-corrected chi connectivity index (χ4v) is 3.32. The lowest BCUT2D eigenvalue weighted by atomic mass is 10.1. The first-order valence-corrected chi connectivity index (χ1v) is 9.72. The third-order valence-corrected chi connectivity index (χ3v) is 4.81. The molecule has 4 aromatic rings. The molecule has 0 unspecified atom stereocenters. The van der Waals surface area contributed by atoms with E-state index in [0.717, 1.165) is 30.2 Å². The minimum absolute atomic E-state index is 0.0452. The summed E-state index contributed by atoms with van der Waals surface area (Å²) in [5, 5.41) is 8.08. The molecule has 0 bridgehead atoms. The summed E-state index contributed by atoms with van der Waals surface area (Å²) in [5.41, 5.74) is 5.69. The minimum atomic E-state index is -4.49. The van der Waals surface area contributed by atoms with E-state index in [1.807, 2.05) is 0 Å². The van der Waals surface area contributed by atoms with Crippen LogP contribution >= 0.6 is 11.8 Å². The highest BCUT2D eigenvalue weighted by molar-refractivity contribution is 7.99. The van der Waals surface area contributed by atoms with Gasteiger partial charge < -0.3 is 10.2 Å². The van der Waals surface area contributed by atoms with Crippen LogP contribution in [-0.2, 0) is 6.18 Å². The maximum Gasteiger partial charge on any atom is 0.416 e. The first kappa shape index (κ1) is 21.4. The Morgan fingerprint density at radius 2 is 1.75 bits per heavy atom. The van der Waals surface area contributed by atoms with Gasteiger partial charge in [-0.15, -0.1) is 10.2 Å². The number of hydrogen-bond donors (Lipinski definition) is 1. The second-order valence-corrected chi connectivity index (χ2v) is 7.20. The highest BCUT2D eigenvalue weighted by atomic mass is 32.2. The number of hydrogen-bond acceptors (Lipinski definition) is 7. The van der Waals surface area contributed by atoms with Crippen molar-refractivity contribution in [1.82, 2.24) is 20.2 Å². The van der Waals surface area contributed by atoms with Gasteiger partial charge in [-0.05, 0) is 60.3 Å². The van der Waals surface area contributed by atoms with Crippen LogP contribution in [0.4, 0.5) is 23.5 Å². The van der Waals surface area contributed by atoms with Crippen molar-refractivity contribution >= 4 is 24.0 Å². The number of aromatic nitrogens is 4. The molecule has 0 aliphatic carbocycles. The molecule has 2 N–H and O–H groups in total. The Labute approximate surface area is 182 Å². The maximum atomic E-state index is 13.2. The van der Waals surface area contributed by atoms with E-state index in [1.54, 1.807) is 18.2 Å². The van der Waals surface area contributed by atoms with Gasteiger partial charge in [-0.1, -0.05) is 6.07 Å². The molecule has 0 radical (unpaired) electrons. The summed E-state index contributed by atoms with van der Waals surface area (Å²) in [6, 6.07) is 11.8. The highest BCUT2D eigenvalue weighted by Gasteiger charge is 2.30. The molecule has 0 amide bonds. The van der Waals surface area contributed by atoms with Crippen LogP contribution in [0.1, 0.15) is 5.56 Å². The Hall–Kier alpha value is -3.80. The standard InChI is InChI=1S/C20H12F4N6OS/c21-14-6-4-11(5-7-14)15-9-16(28-18(27-15)26-10-25)32-19-30-29-17(31-19)12-2-1-3-13(8-12)20(22,23)24/h1-10H,(H2,25,26,27,28). The van der Waals surface area contributed by atoms with Crippen LogP contribution in [0.3, 0.4) is 0 Å². The van der Waals surface area contributed by atoms with E-state index in [4.69, 9.17) is 10.2 Å². The van der Waals surface area contributed by atoms with Crippen LogP contribution in [0.5, 0.6) is 0 Å². The van der Waals surface area contributed by atoms with E-state index in [9.17, 15) is 17.6 Å². The topological polar surface area (TPSA) is 103 Å². The van der Waals surface area contributed by atoms with Crippen LogP contribution in [0.25, 0.3) is 22.7 Å². The zero-order valence-corrected chi connectivity index (χ0v) is 16.7. The number of nitrogens with zero attached hydrogens (tertiary/aromatic N) is 5. The van der Waals surface area contributed by atoms with Gasteiger partial charge in [0.2, 0.25) is 5.89 Å². The number of nitrogens with two attached hydrogens (primary N) is 1. The average Bonchev–Trinajstić information content (AvgIpc) is 3.22. The number of halogens is 4. The van der Waals surface area contributed by atoms with E-state index in [-0.39, 0.29) is 22.6 Å². The summed E-state index contributed by atoms with van der Waals surface area (Å²) in [5.74, 6) is -0.424. The number of rotatable bonds is 5. The second kappa shape index (κ2) is 8.75. The molecule has 162 valence electrons. The van der Waals surface area contributed by atoms with Gasteiger partial charge in [0.05, 0.1) is 17.6 Å². The third kappa shape index (κ3) is 4.91. The van der Waals surface area contributed by atoms with E-state index >= 15 is 0 Å². The number of benzene rings is 2. The van der Waals surface area contributed by atoms with Gasteiger partial charge in [0.1, 0.15) is 10.8 Å². The molecule has 2 heterocycles. The van der Waals surface area contributed by atoms with Crippen molar-refractivity contribution < 1.29 is 22.0 Å². The van der Waals surface area contributed by atoms with Crippen LogP contribution < -0.4 is 5.73 Å². The molecule has 0 atom stereocenters. The Bertz CT molecular complexity index is 1270. The summed E-state index contributed by atoms with van der Waals surface area (Å²) in [6.45, 7) is 0. The quantitative estimate of drug-likeness (QED) is 0.191. The predicted octanol–water partition coefficient (Wildman–Crippen LogP) is 5.12. The first-order chi connectivity index (χ1) is 15.3. The molecule has 0 saturated carbocycles. The molecular formula is C20H12F4N6OS. The zero-order chi connectivity index (χ0) is 22.7. The Morgan fingerprint density at radius 3 is 2.47 bits per heavy atom. The van der Waals surface area contributed by atoms with Gasteiger partial charge in [-0.25, -0.2) is 19.4 Å². The molecule has 7 nitrogen and oxygen atoms in total. The van der Waals surface area contributed by atoms with Crippen molar-refractivity contribution in [3.8, 4) is 22.7 Å². The Morgan fingerprint density at radius 1 is 0.969 bits per heavy atom. The van der Waals surface area contributed by atoms with Crippen molar-refractivity contribution in [2.24, 2.45) is 10.7 Å². The van der Waals surface area contributed by atoms with Gasteiger partial charge in [0.25, 0.3) is 11.2 Å². The van der Waals surface area contributed by atoms with Crippen LogP contribution in [0.2, 0.25) is 0 Å². The minimum Gasteiger partial charge on any atom is -0.411 e. The normalized spacial score (nSPS) is 11.9. The zero-order valence-electron chi connectivity index (χ0n) is 15.9. The molecule has 4 rings (SSSR count). The van der Waals surface area contributed by atoms with E-state index in [1.165, 1.54) is 24.3 Å². The second-order valence-electron chi connectivity index (χ2n) is 6.23. The van der Waals surface area contributed by atoms with Crippen LogP contribution in [0.15, 0.2) is 74.3 Å². The lowest BCUT2D eigenvalue weighted by Gasteiger charge is -2.06. The van der Waals surface area contributed by atoms with Gasteiger partial charge in [-0.2, -0.15) is 13.2 Å². The molecule has 0 aliphatic rings. The van der Waals surface area contributed by atoms with Crippen LogP contribution in [0, 0.1) is 5.82 Å². The molecule has 0 fully saturated rings. The highest BCUT2D eigenvalue weighted by Crippen LogP contribution is 2.34.